The third kappa shape index (κ3) is 5.62. The first-order valence-corrected chi connectivity index (χ1v) is 11.6. The number of aryl methyl sites for hydroxylation is 2. The number of aromatic nitrogens is 2. The standard InChI is InChI=1S/C20H20ClN3O3S2/c1-14-3-6-16(7-4-14)29(26,27)12-9-19(25)23-17-13-15(21)5-8-18(17)28-20-22-10-11-24(20)2/h3-8,10-11,13H,9,12H2,1-2H3,(H,23,25). The molecule has 29 heavy (non-hydrogen) atoms. The number of rotatable bonds is 7. The third-order valence-electron chi connectivity index (χ3n) is 4.17. The molecule has 1 aromatic heterocycles. The van der Waals surface area contributed by atoms with Gasteiger partial charge in [0.15, 0.2) is 15.0 Å². The summed E-state index contributed by atoms with van der Waals surface area (Å²) in [6.45, 7) is 1.88. The Labute approximate surface area is 179 Å². The molecule has 0 aliphatic rings. The maximum absolute atomic E-state index is 12.5. The topological polar surface area (TPSA) is 81.1 Å². The molecule has 0 aliphatic heterocycles. The maximum Gasteiger partial charge on any atom is 0.225 e. The lowest BCUT2D eigenvalue weighted by molar-refractivity contribution is -0.115. The largest absolute Gasteiger partial charge is 0.329 e. The van der Waals surface area contributed by atoms with Crippen molar-refractivity contribution in [2.45, 2.75) is 28.3 Å². The molecule has 1 amide bonds. The molecule has 0 fully saturated rings. The number of nitrogens with one attached hydrogen (secondary N) is 1. The van der Waals surface area contributed by atoms with Crippen LogP contribution in [0.3, 0.4) is 0 Å². The Bertz CT molecular complexity index is 1130. The van der Waals surface area contributed by atoms with Gasteiger partial charge in [0.1, 0.15) is 0 Å². The average Bonchev–Trinajstić information content (AvgIpc) is 3.07. The van der Waals surface area contributed by atoms with Crippen molar-refractivity contribution >= 4 is 44.8 Å². The second-order valence-electron chi connectivity index (χ2n) is 6.49. The summed E-state index contributed by atoms with van der Waals surface area (Å²) in [6, 6.07) is 11.7. The highest BCUT2D eigenvalue weighted by Gasteiger charge is 2.17. The Kier molecular flexibility index (Phi) is 6.66. The van der Waals surface area contributed by atoms with E-state index in [-0.39, 0.29) is 17.1 Å². The van der Waals surface area contributed by atoms with Gasteiger partial charge in [0, 0.05) is 35.8 Å². The van der Waals surface area contributed by atoms with Crippen LogP contribution in [-0.4, -0.2) is 29.6 Å². The van der Waals surface area contributed by atoms with Gasteiger partial charge in [-0.2, -0.15) is 0 Å². The van der Waals surface area contributed by atoms with Crippen molar-refractivity contribution in [3.05, 3.63) is 65.4 Å². The van der Waals surface area contributed by atoms with E-state index in [0.29, 0.717) is 10.7 Å². The first kappa shape index (κ1) is 21.4. The van der Waals surface area contributed by atoms with E-state index in [2.05, 4.69) is 10.3 Å². The quantitative estimate of drug-likeness (QED) is 0.580. The molecular weight excluding hydrogens is 430 g/mol. The fourth-order valence-corrected chi connectivity index (χ4v) is 4.82. The van der Waals surface area contributed by atoms with E-state index in [9.17, 15) is 13.2 Å². The van der Waals surface area contributed by atoms with Crippen molar-refractivity contribution in [2.24, 2.45) is 7.05 Å². The van der Waals surface area contributed by atoms with E-state index in [1.807, 2.05) is 24.7 Å². The maximum atomic E-state index is 12.5. The van der Waals surface area contributed by atoms with Crippen molar-refractivity contribution in [2.75, 3.05) is 11.1 Å². The van der Waals surface area contributed by atoms with Crippen LogP contribution < -0.4 is 5.32 Å². The number of hydrogen-bond donors (Lipinski definition) is 1. The molecule has 0 aliphatic carbocycles. The number of sulfone groups is 1. The summed E-state index contributed by atoms with van der Waals surface area (Å²) in [5.41, 5.74) is 1.49. The molecule has 0 radical (unpaired) electrons. The lowest BCUT2D eigenvalue weighted by Gasteiger charge is -2.11. The van der Waals surface area contributed by atoms with Crippen LogP contribution in [0.2, 0.25) is 5.02 Å². The summed E-state index contributed by atoms with van der Waals surface area (Å²) >= 11 is 7.46. The summed E-state index contributed by atoms with van der Waals surface area (Å²) in [4.78, 5) is 17.7. The molecule has 0 bridgehead atoms. The van der Waals surface area contributed by atoms with Crippen LogP contribution in [0.15, 0.2) is 69.8 Å². The highest BCUT2D eigenvalue weighted by atomic mass is 35.5. The lowest BCUT2D eigenvalue weighted by atomic mass is 10.2. The summed E-state index contributed by atoms with van der Waals surface area (Å²) in [5.74, 6) is -0.672. The smallest absolute Gasteiger partial charge is 0.225 e. The van der Waals surface area contributed by atoms with Gasteiger partial charge in [-0.25, -0.2) is 13.4 Å². The van der Waals surface area contributed by atoms with E-state index in [4.69, 9.17) is 11.6 Å². The van der Waals surface area contributed by atoms with Crippen molar-refractivity contribution in [1.29, 1.82) is 0 Å². The fourth-order valence-electron chi connectivity index (χ4n) is 2.54. The van der Waals surface area contributed by atoms with Crippen LogP contribution in [-0.2, 0) is 21.7 Å². The minimum Gasteiger partial charge on any atom is -0.329 e. The third-order valence-corrected chi connectivity index (χ3v) is 7.29. The van der Waals surface area contributed by atoms with Crippen LogP contribution in [0.25, 0.3) is 0 Å². The highest BCUT2D eigenvalue weighted by Crippen LogP contribution is 2.34. The molecule has 2 aromatic carbocycles. The zero-order chi connectivity index (χ0) is 21.0. The van der Waals surface area contributed by atoms with Gasteiger partial charge < -0.3 is 9.88 Å². The Morgan fingerprint density at radius 3 is 2.59 bits per heavy atom. The molecule has 0 saturated heterocycles. The first-order chi connectivity index (χ1) is 13.7. The molecular formula is C20H20ClN3O3S2. The second kappa shape index (κ2) is 9.02. The summed E-state index contributed by atoms with van der Waals surface area (Å²) in [6.07, 6.45) is 3.36. The molecule has 0 saturated carbocycles. The molecule has 0 atom stereocenters. The van der Waals surface area contributed by atoms with Gasteiger partial charge >= 0.3 is 0 Å². The van der Waals surface area contributed by atoms with Gasteiger partial charge in [0.25, 0.3) is 0 Å². The number of hydrogen-bond acceptors (Lipinski definition) is 5. The van der Waals surface area contributed by atoms with Gasteiger partial charge in [0.2, 0.25) is 5.91 Å². The number of imidazole rings is 1. The minimum atomic E-state index is -3.53. The number of nitrogens with zero attached hydrogens (tertiary/aromatic N) is 2. The van der Waals surface area contributed by atoms with Crippen LogP contribution in [0, 0.1) is 6.92 Å². The van der Waals surface area contributed by atoms with E-state index in [1.54, 1.807) is 48.7 Å². The summed E-state index contributed by atoms with van der Waals surface area (Å²) in [7, 11) is -1.66. The highest BCUT2D eigenvalue weighted by molar-refractivity contribution is 7.99. The molecule has 1 N–H and O–H groups in total. The monoisotopic (exact) mass is 449 g/mol. The SMILES string of the molecule is Cc1ccc(S(=O)(=O)CCC(=O)Nc2cc(Cl)ccc2Sc2nccn2C)cc1. The van der Waals surface area contributed by atoms with E-state index in [0.717, 1.165) is 15.6 Å². The van der Waals surface area contributed by atoms with Crippen molar-refractivity contribution < 1.29 is 13.2 Å². The van der Waals surface area contributed by atoms with Crippen LogP contribution in [0.5, 0.6) is 0 Å². The van der Waals surface area contributed by atoms with Crippen molar-refractivity contribution in [3.63, 3.8) is 0 Å². The van der Waals surface area contributed by atoms with E-state index < -0.39 is 15.7 Å². The van der Waals surface area contributed by atoms with Crippen molar-refractivity contribution in [1.82, 2.24) is 9.55 Å². The molecule has 0 unspecified atom stereocenters. The lowest BCUT2D eigenvalue weighted by Crippen LogP contribution is -2.18. The van der Waals surface area contributed by atoms with Gasteiger partial charge in [-0.15, -0.1) is 0 Å². The number of anilines is 1. The Morgan fingerprint density at radius 1 is 1.21 bits per heavy atom. The van der Waals surface area contributed by atoms with E-state index in [1.165, 1.54) is 11.8 Å². The second-order valence-corrected chi connectivity index (χ2v) is 10.0. The summed E-state index contributed by atoms with van der Waals surface area (Å²) in [5, 5.41) is 3.99. The van der Waals surface area contributed by atoms with Gasteiger partial charge in [-0.05, 0) is 49.0 Å². The number of halogens is 1. The van der Waals surface area contributed by atoms with Crippen LogP contribution in [0.1, 0.15) is 12.0 Å². The summed E-state index contributed by atoms with van der Waals surface area (Å²) < 4.78 is 26.8. The van der Waals surface area contributed by atoms with Crippen LogP contribution in [0.4, 0.5) is 5.69 Å². The molecule has 6 nitrogen and oxygen atoms in total. The van der Waals surface area contributed by atoms with Gasteiger partial charge in [-0.3, -0.25) is 4.79 Å². The predicted molar refractivity (Wildman–Crippen MR) is 115 cm³/mol. The number of carbonyl (C=O) groups is 1. The average molecular weight is 450 g/mol. The Hall–Kier alpha value is -2.29. The fraction of sp³-hybridized carbons (Fsp3) is 0.200. The van der Waals surface area contributed by atoms with Gasteiger partial charge in [-0.1, -0.05) is 29.3 Å². The predicted octanol–water partition coefficient (Wildman–Crippen LogP) is 4.34. The number of benzene rings is 2. The zero-order valence-corrected chi connectivity index (χ0v) is 18.3. The molecule has 152 valence electrons. The Balaban J connectivity index is 1.69. The number of amides is 1. The molecule has 3 aromatic rings. The number of carbonyl (C=O) groups excluding carboxylic acids is 1. The normalized spacial score (nSPS) is 11.4. The molecule has 0 spiro atoms. The Morgan fingerprint density at radius 2 is 1.93 bits per heavy atom. The molecule has 9 heteroatoms. The van der Waals surface area contributed by atoms with Crippen LogP contribution >= 0.6 is 23.4 Å². The van der Waals surface area contributed by atoms with Gasteiger partial charge in [0.05, 0.1) is 16.3 Å². The first-order valence-electron chi connectivity index (χ1n) is 8.78. The molecule has 1 heterocycles. The minimum absolute atomic E-state index is 0.158. The molecule has 3 rings (SSSR count). The van der Waals surface area contributed by atoms with E-state index >= 15 is 0 Å². The zero-order valence-electron chi connectivity index (χ0n) is 15.9. The van der Waals surface area contributed by atoms with Crippen molar-refractivity contribution in [3.8, 4) is 0 Å².